The molecule has 2 aromatic carbocycles. The number of unbranched alkanes of at least 4 members (excludes halogenated alkanes) is 2. The maximum Gasteiger partial charge on any atom is 0.417 e. The second kappa shape index (κ2) is 9.61. The molecule has 2 aromatic rings. The molecule has 0 amide bonds. The van der Waals surface area contributed by atoms with E-state index in [1.54, 1.807) is 0 Å². The average Bonchev–Trinajstić information content (AvgIpc) is 2.65. The number of rotatable bonds is 8. The van der Waals surface area contributed by atoms with Crippen molar-refractivity contribution >= 4 is 13.3 Å². The zero-order valence-corrected chi connectivity index (χ0v) is 16.2. The summed E-state index contributed by atoms with van der Waals surface area (Å²) < 4.78 is 91.1. The Balaban J connectivity index is 2.07. The van der Waals surface area contributed by atoms with Gasteiger partial charge in [0.1, 0.15) is 7.80 Å². The minimum atomic E-state index is -5.16. The van der Waals surface area contributed by atoms with Crippen molar-refractivity contribution in [3.63, 3.8) is 0 Å². The van der Waals surface area contributed by atoms with E-state index < -0.39 is 42.4 Å². The van der Waals surface area contributed by atoms with Crippen LogP contribution < -0.4 is 0 Å². The van der Waals surface area contributed by atoms with Crippen LogP contribution in [0, 0.1) is 0 Å². The van der Waals surface area contributed by atoms with Crippen LogP contribution in [0.1, 0.15) is 46.3 Å². The van der Waals surface area contributed by atoms with Gasteiger partial charge in [-0.15, -0.1) is 0 Å². The molecule has 29 heavy (non-hydrogen) atoms. The predicted octanol–water partition coefficient (Wildman–Crippen LogP) is 6.84. The number of benzene rings is 2. The van der Waals surface area contributed by atoms with Gasteiger partial charge in [-0.3, -0.25) is 4.79 Å². The molecule has 0 fully saturated rings. The van der Waals surface area contributed by atoms with E-state index in [0.717, 1.165) is 12.0 Å². The number of hydrogen-bond donors (Lipinski definition) is 0. The maximum absolute atomic E-state index is 13.1. The second-order valence-corrected chi connectivity index (χ2v) is 8.32. The lowest BCUT2D eigenvalue weighted by molar-refractivity contribution is -0.143. The average molecular weight is 436 g/mol. The van der Waals surface area contributed by atoms with Crippen molar-refractivity contribution in [2.24, 2.45) is 0 Å². The lowest BCUT2D eigenvalue weighted by Gasteiger charge is -2.17. The summed E-state index contributed by atoms with van der Waals surface area (Å²) in [6.45, 7) is 0. The van der Waals surface area contributed by atoms with Crippen molar-refractivity contribution in [2.45, 2.75) is 38.0 Å². The first-order valence-electron chi connectivity index (χ1n) is 8.90. The molecule has 2 rings (SSSR count). The molecule has 0 saturated heterocycles. The molecule has 9 heteroatoms. The fourth-order valence-electron chi connectivity index (χ4n) is 2.96. The van der Waals surface area contributed by atoms with Crippen molar-refractivity contribution < 1.29 is 35.7 Å². The molecule has 0 aliphatic heterocycles. The van der Waals surface area contributed by atoms with Gasteiger partial charge in [-0.2, -0.15) is 26.3 Å². The largest absolute Gasteiger partial charge is 0.417 e. The van der Waals surface area contributed by atoms with E-state index in [1.165, 1.54) is 0 Å². The van der Waals surface area contributed by atoms with Crippen molar-refractivity contribution in [2.75, 3.05) is 6.16 Å². The van der Waals surface area contributed by atoms with Crippen LogP contribution in [-0.4, -0.2) is 11.7 Å². The fraction of sp³-hybridized carbons (Fsp3) is 0.350. The molecule has 1 unspecified atom stereocenters. The highest BCUT2D eigenvalue weighted by Crippen LogP contribution is 2.43. The third-order valence-electron chi connectivity index (χ3n) is 4.37. The monoisotopic (exact) mass is 436 g/mol. The Bertz CT molecular complexity index is 827. The van der Waals surface area contributed by atoms with Crippen molar-refractivity contribution in [3.05, 3.63) is 70.8 Å². The molecule has 0 aliphatic rings. The quantitative estimate of drug-likeness (QED) is 0.258. The molecule has 2 nitrogen and oxygen atoms in total. The van der Waals surface area contributed by atoms with Crippen LogP contribution in [0.3, 0.4) is 0 Å². The van der Waals surface area contributed by atoms with Crippen LogP contribution in [0.15, 0.2) is 48.5 Å². The molecule has 0 radical (unpaired) electrons. The van der Waals surface area contributed by atoms with Gasteiger partial charge < -0.3 is 4.57 Å². The van der Waals surface area contributed by atoms with Gasteiger partial charge >= 0.3 is 12.4 Å². The highest BCUT2D eigenvalue weighted by Gasteiger charge is 2.43. The second-order valence-electron chi connectivity index (χ2n) is 6.52. The zero-order valence-electron chi connectivity index (χ0n) is 15.2. The summed E-state index contributed by atoms with van der Waals surface area (Å²) in [6.07, 6.45) is -8.25. The van der Waals surface area contributed by atoms with E-state index in [-0.39, 0.29) is 12.6 Å². The van der Waals surface area contributed by atoms with E-state index >= 15 is 0 Å². The Labute approximate surface area is 164 Å². The Kier molecular flexibility index (Phi) is 7.69. The summed E-state index contributed by atoms with van der Waals surface area (Å²) in [4.78, 5) is 12.3. The van der Waals surface area contributed by atoms with Gasteiger partial charge in [0.2, 0.25) is 5.52 Å². The number of carbonyl (C=O) groups excluding carboxylic acids is 1. The van der Waals surface area contributed by atoms with E-state index in [0.29, 0.717) is 31.0 Å². The molecule has 0 aliphatic carbocycles. The van der Waals surface area contributed by atoms with Crippen LogP contribution in [0.2, 0.25) is 0 Å². The SMILES string of the molecule is O=C(c1c(C(F)(F)F)cccc1C(F)(F)F)[PH](=O)CCCCCc1ccccc1. The molecular formula is C20H19F6O2P. The molecular weight excluding hydrogens is 417 g/mol. The first-order valence-corrected chi connectivity index (χ1v) is 10.5. The van der Waals surface area contributed by atoms with Gasteiger partial charge in [-0.1, -0.05) is 42.8 Å². The van der Waals surface area contributed by atoms with E-state index in [1.807, 2.05) is 30.3 Å². The van der Waals surface area contributed by atoms with Crippen molar-refractivity contribution in [1.82, 2.24) is 0 Å². The summed E-state index contributed by atoms with van der Waals surface area (Å²) in [7, 11) is -3.32. The van der Waals surface area contributed by atoms with Crippen molar-refractivity contribution in [3.8, 4) is 0 Å². The third kappa shape index (κ3) is 6.46. The molecule has 0 N–H and O–H groups in total. The number of hydrogen-bond acceptors (Lipinski definition) is 2. The summed E-state index contributed by atoms with van der Waals surface area (Å²) in [5.41, 5.74) is -5.44. The highest BCUT2D eigenvalue weighted by molar-refractivity contribution is 7.64. The van der Waals surface area contributed by atoms with Gasteiger partial charge in [0, 0.05) is 11.7 Å². The Morgan fingerprint density at radius 1 is 0.759 bits per heavy atom. The Morgan fingerprint density at radius 3 is 1.83 bits per heavy atom. The van der Waals surface area contributed by atoms with Crippen LogP contribution in [0.5, 0.6) is 0 Å². The fourth-order valence-corrected chi connectivity index (χ4v) is 4.30. The summed E-state index contributed by atoms with van der Waals surface area (Å²) in [5, 5.41) is 0. The van der Waals surface area contributed by atoms with Crippen molar-refractivity contribution in [1.29, 1.82) is 0 Å². The van der Waals surface area contributed by atoms with E-state index in [4.69, 9.17) is 0 Å². The number of halogens is 6. The van der Waals surface area contributed by atoms with Gasteiger partial charge in [0.05, 0.1) is 11.1 Å². The number of alkyl halides is 6. The topological polar surface area (TPSA) is 34.1 Å². The van der Waals surface area contributed by atoms with Crippen LogP contribution >= 0.6 is 7.80 Å². The molecule has 1 atom stereocenters. The molecule has 0 saturated carbocycles. The number of aryl methyl sites for hydroxylation is 1. The Morgan fingerprint density at radius 2 is 1.31 bits per heavy atom. The molecule has 0 spiro atoms. The van der Waals surface area contributed by atoms with Gasteiger partial charge in [-0.25, -0.2) is 0 Å². The van der Waals surface area contributed by atoms with Crippen LogP contribution in [0.4, 0.5) is 26.3 Å². The minimum Gasteiger partial charge on any atom is -0.318 e. The summed E-state index contributed by atoms with van der Waals surface area (Å²) in [6, 6.07) is 10.9. The molecule has 158 valence electrons. The molecule has 0 bridgehead atoms. The Hall–Kier alpha value is -2.08. The molecule has 0 aromatic heterocycles. The predicted molar refractivity (Wildman–Crippen MR) is 98.6 cm³/mol. The summed E-state index contributed by atoms with van der Waals surface area (Å²) in [5.74, 6) is 0. The standard InChI is InChI=1S/C20H19F6O2P/c21-19(22,23)15-11-7-12-16(20(24,25)26)17(15)18(27)29(28)13-6-2-5-10-14-8-3-1-4-9-14/h1,3-4,7-9,11-12,29H,2,5-6,10,13H2. The van der Waals surface area contributed by atoms with Gasteiger partial charge in [-0.05, 0) is 37.0 Å². The maximum atomic E-state index is 13.1. The van der Waals surface area contributed by atoms with E-state index in [9.17, 15) is 35.7 Å². The zero-order chi connectivity index (χ0) is 21.7. The first kappa shape index (κ1) is 23.2. The minimum absolute atomic E-state index is 0.220. The van der Waals surface area contributed by atoms with Gasteiger partial charge in [0.25, 0.3) is 0 Å². The van der Waals surface area contributed by atoms with Crippen LogP contribution in [0.25, 0.3) is 0 Å². The van der Waals surface area contributed by atoms with Crippen LogP contribution in [-0.2, 0) is 23.3 Å². The van der Waals surface area contributed by atoms with E-state index in [2.05, 4.69) is 0 Å². The smallest absolute Gasteiger partial charge is 0.318 e. The molecule has 0 heterocycles. The highest BCUT2D eigenvalue weighted by atomic mass is 31.1. The third-order valence-corrected chi connectivity index (χ3v) is 5.93. The lowest BCUT2D eigenvalue weighted by atomic mass is 10.0. The lowest BCUT2D eigenvalue weighted by Crippen LogP contribution is -2.19. The normalized spacial score (nSPS) is 13.3. The van der Waals surface area contributed by atoms with Gasteiger partial charge in [0.15, 0.2) is 0 Å². The first-order chi connectivity index (χ1) is 13.5. The summed E-state index contributed by atoms with van der Waals surface area (Å²) >= 11 is 0. The number of carbonyl (C=O) groups is 1.